The number of nitrogens with zero attached hydrogens (tertiary/aromatic N) is 1. The number of aliphatic hydroxyl groups excluding tert-OH is 1. The zero-order chi connectivity index (χ0) is 26.0. The van der Waals surface area contributed by atoms with Crippen LogP contribution in [-0.2, 0) is 28.7 Å². The van der Waals surface area contributed by atoms with Crippen molar-refractivity contribution in [1.29, 1.82) is 0 Å². The van der Waals surface area contributed by atoms with Crippen LogP contribution in [-0.4, -0.2) is 28.8 Å². The van der Waals surface area contributed by atoms with Gasteiger partial charge >= 0.3 is 6.18 Å². The Kier molecular flexibility index (Phi) is 6.88. The van der Waals surface area contributed by atoms with Gasteiger partial charge in [-0.05, 0) is 47.4 Å². The summed E-state index contributed by atoms with van der Waals surface area (Å²) >= 11 is 0. The molecule has 1 aliphatic heterocycles. The lowest BCUT2D eigenvalue weighted by Gasteiger charge is -2.26. The van der Waals surface area contributed by atoms with Crippen LogP contribution in [0, 0.1) is 0 Å². The van der Waals surface area contributed by atoms with E-state index in [1.54, 1.807) is 36.4 Å². The molecule has 5 nitrogen and oxygen atoms in total. The Hall–Kier alpha value is -4.07. The molecule has 1 atom stereocenters. The van der Waals surface area contributed by atoms with E-state index in [0.29, 0.717) is 16.9 Å². The van der Waals surface area contributed by atoms with Crippen molar-refractivity contribution in [2.75, 3.05) is 7.11 Å². The molecule has 1 N–H and O–H groups in total. The van der Waals surface area contributed by atoms with Gasteiger partial charge in [0.1, 0.15) is 11.5 Å². The van der Waals surface area contributed by atoms with Crippen LogP contribution in [0.15, 0.2) is 78.4 Å². The normalized spacial score (nSPS) is 17.5. The number of carbonyl (C=O) groups excluding carboxylic acids is 2. The van der Waals surface area contributed by atoms with Gasteiger partial charge in [-0.25, -0.2) is 0 Å². The summed E-state index contributed by atoms with van der Waals surface area (Å²) in [6, 6.07) is 17.2. The van der Waals surface area contributed by atoms with Gasteiger partial charge in [-0.1, -0.05) is 55.5 Å². The Morgan fingerprint density at radius 1 is 0.972 bits per heavy atom. The predicted molar refractivity (Wildman–Crippen MR) is 128 cm³/mol. The van der Waals surface area contributed by atoms with Gasteiger partial charge in [0.05, 0.1) is 24.3 Å². The van der Waals surface area contributed by atoms with Gasteiger partial charge in [0.15, 0.2) is 0 Å². The van der Waals surface area contributed by atoms with E-state index in [1.807, 2.05) is 19.1 Å². The largest absolute Gasteiger partial charge is 0.507 e. The maximum absolute atomic E-state index is 13.3. The number of Topliss-reactive ketones (excluding diaryl/α,β-unsaturated/α-hetero) is 1. The van der Waals surface area contributed by atoms with E-state index in [9.17, 15) is 27.9 Å². The molecule has 3 aromatic carbocycles. The summed E-state index contributed by atoms with van der Waals surface area (Å²) in [6.07, 6.45) is -3.77. The summed E-state index contributed by atoms with van der Waals surface area (Å²) in [4.78, 5) is 27.5. The minimum Gasteiger partial charge on any atom is -0.507 e. The van der Waals surface area contributed by atoms with Gasteiger partial charge in [-0.15, -0.1) is 0 Å². The summed E-state index contributed by atoms with van der Waals surface area (Å²) in [5.41, 5.74) is 1.08. The average molecular weight is 495 g/mol. The number of halogens is 3. The van der Waals surface area contributed by atoms with E-state index >= 15 is 0 Å². The van der Waals surface area contributed by atoms with Crippen molar-refractivity contribution in [3.63, 3.8) is 0 Å². The van der Waals surface area contributed by atoms with Crippen LogP contribution in [0.5, 0.6) is 5.75 Å². The molecule has 36 heavy (non-hydrogen) atoms. The molecular weight excluding hydrogens is 471 g/mol. The molecule has 0 spiro atoms. The highest BCUT2D eigenvalue weighted by Gasteiger charge is 2.46. The number of methoxy groups -OCH3 is 1. The van der Waals surface area contributed by atoms with Gasteiger partial charge in [-0.3, -0.25) is 9.59 Å². The van der Waals surface area contributed by atoms with E-state index < -0.39 is 29.5 Å². The number of aliphatic hydroxyl groups is 1. The van der Waals surface area contributed by atoms with E-state index in [2.05, 4.69) is 0 Å². The van der Waals surface area contributed by atoms with Crippen LogP contribution in [0.1, 0.15) is 40.8 Å². The van der Waals surface area contributed by atoms with Crippen LogP contribution in [0.4, 0.5) is 13.2 Å². The van der Waals surface area contributed by atoms with Crippen LogP contribution in [0.3, 0.4) is 0 Å². The molecule has 0 aromatic heterocycles. The van der Waals surface area contributed by atoms with Gasteiger partial charge in [0, 0.05) is 12.1 Å². The summed E-state index contributed by atoms with van der Waals surface area (Å²) in [6.45, 7) is 1.72. The second-order valence-corrected chi connectivity index (χ2v) is 8.45. The molecule has 0 bridgehead atoms. The molecule has 1 unspecified atom stereocenters. The van der Waals surface area contributed by atoms with E-state index in [0.717, 1.165) is 24.1 Å². The summed E-state index contributed by atoms with van der Waals surface area (Å²) in [7, 11) is 1.47. The third-order valence-electron chi connectivity index (χ3n) is 6.19. The molecule has 3 aromatic rings. The van der Waals surface area contributed by atoms with Crippen LogP contribution in [0.2, 0.25) is 0 Å². The van der Waals surface area contributed by atoms with E-state index in [4.69, 9.17) is 4.74 Å². The van der Waals surface area contributed by atoms with Crippen LogP contribution in [0.25, 0.3) is 5.76 Å². The minimum atomic E-state index is -4.55. The van der Waals surface area contributed by atoms with Crippen molar-refractivity contribution in [2.24, 2.45) is 0 Å². The first kappa shape index (κ1) is 25.0. The second-order valence-electron chi connectivity index (χ2n) is 8.45. The van der Waals surface area contributed by atoms with Gasteiger partial charge < -0.3 is 14.7 Å². The van der Waals surface area contributed by atoms with Crippen LogP contribution >= 0.6 is 0 Å². The highest BCUT2D eigenvalue weighted by Crippen LogP contribution is 2.41. The standard InChI is InChI=1S/C28H24F3NO4/c1-3-17-10-12-19(13-11-17)25(33)23-24(20-7-5-9-22(15-20)36-2)32(27(35)26(23)34)16-18-6-4-8-21(14-18)28(29,30)31/h4-15,24,33H,3,16H2,1-2H3/b25-23+. The fourth-order valence-corrected chi connectivity index (χ4v) is 4.30. The highest BCUT2D eigenvalue weighted by atomic mass is 19.4. The van der Waals surface area contributed by atoms with Crippen molar-refractivity contribution in [2.45, 2.75) is 32.1 Å². The molecule has 1 aliphatic rings. The monoisotopic (exact) mass is 495 g/mol. The Morgan fingerprint density at radius 3 is 2.31 bits per heavy atom. The number of rotatable bonds is 6. The van der Waals surface area contributed by atoms with Crippen molar-refractivity contribution in [3.8, 4) is 5.75 Å². The lowest BCUT2D eigenvalue weighted by molar-refractivity contribution is -0.140. The first-order valence-corrected chi connectivity index (χ1v) is 11.3. The van der Waals surface area contributed by atoms with Crippen molar-refractivity contribution in [1.82, 2.24) is 4.90 Å². The zero-order valence-corrected chi connectivity index (χ0v) is 19.7. The maximum atomic E-state index is 13.3. The third-order valence-corrected chi connectivity index (χ3v) is 6.19. The Balaban J connectivity index is 1.84. The van der Waals surface area contributed by atoms with Gasteiger partial charge in [-0.2, -0.15) is 13.2 Å². The number of ether oxygens (including phenoxy) is 1. The molecule has 1 heterocycles. The highest BCUT2D eigenvalue weighted by molar-refractivity contribution is 6.46. The minimum absolute atomic E-state index is 0.135. The van der Waals surface area contributed by atoms with Crippen molar-refractivity contribution >= 4 is 17.4 Å². The average Bonchev–Trinajstić information content (AvgIpc) is 3.13. The number of carbonyl (C=O) groups is 2. The third kappa shape index (κ3) is 4.84. The molecular formula is C28H24F3NO4. The van der Waals surface area contributed by atoms with Gasteiger partial charge in [0.2, 0.25) is 0 Å². The number of ketones is 1. The number of aryl methyl sites for hydroxylation is 1. The number of amides is 1. The SMILES string of the molecule is CCc1ccc(/C(O)=C2\C(=O)C(=O)N(Cc3cccc(C(F)(F)F)c3)C2c2cccc(OC)c2)cc1. The Morgan fingerprint density at radius 2 is 1.67 bits per heavy atom. The fourth-order valence-electron chi connectivity index (χ4n) is 4.30. The maximum Gasteiger partial charge on any atom is 0.416 e. The molecule has 0 aliphatic carbocycles. The van der Waals surface area contributed by atoms with Crippen molar-refractivity contribution < 1.29 is 32.6 Å². The summed E-state index contributed by atoms with van der Waals surface area (Å²) in [5.74, 6) is -1.71. The molecule has 0 radical (unpaired) electrons. The number of hydrogen-bond acceptors (Lipinski definition) is 4. The fraction of sp³-hybridized carbons (Fsp3) is 0.214. The molecule has 0 saturated carbocycles. The molecule has 4 rings (SSSR count). The van der Waals surface area contributed by atoms with Crippen molar-refractivity contribution in [3.05, 3.63) is 106 Å². The lowest BCUT2D eigenvalue weighted by atomic mass is 9.94. The number of benzene rings is 3. The summed E-state index contributed by atoms with van der Waals surface area (Å²) in [5, 5.41) is 11.2. The molecule has 1 saturated heterocycles. The zero-order valence-electron chi connectivity index (χ0n) is 19.7. The van der Waals surface area contributed by atoms with E-state index in [-0.39, 0.29) is 23.4 Å². The number of likely N-dealkylation sites (tertiary alicyclic amines) is 1. The Bertz CT molecular complexity index is 1330. The quantitative estimate of drug-likeness (QED) is 0.263. The molecule has 1 fully saturated rings. The Labute approximate surface area is 206 Å². The molecule has 186 valence electrons. The second kappa shape index (κ2) is 9.89. The molecule has 1 amide bonds. The topological polar surface area (TPSA) is 66.8 Å². The number of hydrogen-bond donors (Lipinski definition) is 1. The van der Waals surface area contributed by atoms with E-state index in [1.165, 1.54) is 24.1 Å². The van der Waals surface area contributed by atoms with Crippen LogP contribution < -0.4 is 4.74 Å². The lowest BCUT2D eigenvalue weighted by Crippen LogP contribution is -2.29. The number of alkyl halides is 3. The molecule has 8 heteroatoms. The predicted octanol–water partition coefficient (Wildman–Crippen LogP) is 5.90. The first-order chi connectivity index (χ1) is 17.1. The smallest absolute Gasteiger partial charge is 0.416 e. The first-order valence-electron chi connectivity index (χ1n) is 11.3. The van der Waals surface area contributed by atoms with Gasteiger partial charge in [0.25, 0.3) is 11.7 Å². The summed E-state index contributed by atoms with van der Waals surface area (Å²) < 4.78 is 45.1.